The van der Waals surface area contributed by atoms with Gasteiger partial charge in [0.15, 0.2) is 4.34 Å². The van der Waals surface area contributed by atoms with E-state index in [0.29, 0.717) is 5.75 Å². The van der Waals surface area contributed by atoms with Gasteiger partial charge in [0.2, 0.25) is 5.91 Å². The molecule has 3 aromatic rings. The fraction of sp³-hybridized carbons (Fsp3) is 0.300. The van der Waals surface area contributed by atoms with Crippen LogP contribution in [0.2, 0.25) is 0 Å². The number of aryl methyl sites for hydroxylation is 3. The fourth-order valence-corrected chi connectivity index (χ4v) is 5.30. The van der Waals surface area contributed by atoms with Crippen LogP contribution in [-0.2, 0) is 11.2 Å². The zero-order valence-electron chi connectivity index (χ0n) is 14.4. The lowest BCUT2D eigenvalue weighted by Gasteiger charge is -2.29. The van der Waals surface area contributed by atoms with Gasteiger partial charge in [-0.25, -0.2) is 4.98 Å². The van der Waals surface area contributed by atoms with E-state index in [0.717, 1.165) is 34.9 Å². The average molecular weight is 369 g/mol. The van der Waals surface area contributed by atoms with Crippen molar-refractivity contribution in [2.45, 2.75) is 31.0 Å². The minimum atomic E-state index is 0.172. The molecule has 0 radical (unpaired) electrons. The van der Waals surface area contributed by atoms with Crippen LogP contribution in [0, 0.1) is 13.8 Å². The Hall–Kier alpha value is -1.85. The van der Waals surface area contributed by atoms with E-state index in [2.05, 4.69) is 55.2 Å². The Balaban J connectivity index is 1.49. The molecule has 128 valence electrons. The van der Waals surface area contributed by atoms with Crippen molar-refractivity contribution in [2.24, 2.45) is 0 Å². The SMILES string of the molecule is Cc1ccc2c(c1)CCCN2C(=O)CSc1nc2ccc(C)cc2s1. The maximum absolute atomic E-state index is 12.8. The summed E-state index contributed by atoms with van der Waals surface area (Å²) in [5, 5.41) is 0. The minimum absolute atomic E-state index is 0.172. The summed E-state index contributed by atoms with van der Waals surface area (Å²) in [6.45, 7) is 5.01. The summed E-state index contributed by atoms with van der Waals surface area (Å²) in [6.07, 6.45) is 2.10. The summed E-state index contributed by atoms with van der Waals surface area (Å²) in [5.41, 5.74) is 5.89. The number of benzene rings is 2. The smallest absolute Gasteiger partial charge is 0.237 e. The number of anilines is 1. The fourth-order valence-electron chi connectivity index (χ4n) is 3.26. The van der Waals surface area contributed by atoms with Crippen LogP contribution in [0.5, 0.6) is 0 Å². The van der Waals surface area contributed by atoms with E-state index in [1.807, 2.05) is 4.90 Å². The molecule has 0 bridgehead atoms. The van der Waals surface area contributed by atoms with Crippen LogP contribution in [-0.4, -0.2) is 23.2 Å². The van der Waals surface area contributed by atoms with E-state index in [4.69, 9.17) is 0 Å². The molecule has 5 heteroatoms. The molecule has 0 unspecified atom stereocenters. The number of carbonyl (C=O) groups is 1. The molecule has 0 N–H and O–H groups in total. The predicted molar refractivity (Wildman–Crippen MR) is 107 cm³/mol. The third-order valence-corrected chi connectivity index (χ3v) is 6.64. The van der Waals surface area contributed by atoms with Crippen LogP contribution in [0.25, 0.3) is 10.2 Å². The van der Waals surface area contributed by atoms with E-state index in [1.54, 1.807) is 23.1 Å². The second-order valence-electron chi connectivity index (χ2n) is 6.52. The molecule has 3 nitrogen and oxygen atoms in total. The van der Waals surface area contributed by atoms with Crippen molar-refractivity contribution in [1.82, 2.24) is 4.98 Å². The number of thiazole rings is 1. The van der Waals surface area contributed by atoms with Gasteiger partial charge in [0, 0.05) is 12.2 Å². The van der Waals surface area contributed by atoms with E-state index in [9.17, 15) is 4.79 Å². The number of amides is 1. The number of hydrogen-bond donors (Lipinski definition) is 0. The van der Waals surface area contributed by atoms with Crippen LogP contribution in [0.4, 0.5) is 5.69 Å². The lowest BCUT2D eigenvalue weighted by atomic mass is 10.00. The summed E-state index contributed by atoms with van der Waals surface area (Å²) in [4.78, 5) is 19.4. The first-order valence-electron chi connectivity index (χ1n) is 8.50. The largest absolute Gasteiger partial charge is 0.311 e. The first kappa shape index (κ1) is 16.6. The van der Waals surface area contributed by atoms with Gasteiger partial charge >= 0.3 is 0 Å². The van der Waals surface area contributed by atoms with Crippen molar-refractivity contribution in [2.75, 3.05) is 17.2 Å². The van der Waals surface area contributed by atoms with Crippen LogP contribution >= 0.6 is 23.1 Å². The van der Waals surface area contributed by atoms with Crippen LogP contribution in [0.15, 0.2) is 40.7 Å². The quantitative estimate of drug-likeness (QED) is 0.611. The average Bonchev–Trinajstić information content (AvgIpc) is 3.00. The number of rotatable bonds is 3. The molecule has 1 amide bonds. The van der Waals surface area contributed by atoms with Gasteiger partial charge in [-0.15, -0.1) is 11.3 Å². The number of thioether (sulfide) groups is 1. The predicted octanol–water partition coefficient (Wildman–Crippen LogP) is 4.98. The summed E-state index contributed by atoms with van der Waals surface area (Å²) in [5.74, 6) is 0.608. The minimum Gasteiger partial charge on any atom is -0.311 e. The summed E-state index contributed by atoms with van der Waals surface area (Å²) in [7, 11) is 0. The molecular weight excluding hydrogens is 348 g/mol. The number of fused-ring (bicyclic) bond motifs is 2. The lowest BCUT2D eigenvalue weighted by Crippen LogP contribution is -2.36. The van der Waals surface area contributed by atoms with Crippen LogP contribution in [0.3, 0.4) is 0 Å². The van der Waals surface area contributed by atoms with E-state index < -0.39 is 0 Å². The van der Waals surface area contributed by atoms with E-state index in [-0.39, 0.29) is 5.91 Å². The van der Waals surface area contributed by atoms with E-state index >= 15 is 0 Å². The Bertz CT molecular complexity index is 948. The molecule has 0 saturated heterocycles. The maximum atomic E-state index is 12.8. The summed E-state index contributed by atoms with van der Waals surface area (Å²) in [6, 6.07) is 12.7. The molecule has 2 aromatic carbocycles. The van der Waals surface area contributed by atoms with Crippen molar-refractivity contribution < 1.29 is 4.79 Å². The van der Waals surface area contributed by atoms with Gasteiger partial charge in [-0.2, -0.15) is 0 Å². The van der Waals surface area contributed by atoms with Gasteiger partial charge in [0.05, 0.1) is 16.0 Å². The Morgan fingerprint density at radius 1 is 1.20 bits per heavy atom. The Morgan fingerprint density at radius 3 is 2.88 bits per heavy atom. The number of aromatic nitrogens is 1. The molecule has 2 heterocycles. The third kappa shape index (κ3) is 3.44. The molecule has 0 atom stereocenters. The number of nitrogens with zero attached hydrogens (tertiary/aromatic N) is 2. The van der Waals surface area contributed by atoms with Crippen molar-refractivity contribution in [1.29, 1.82) is 0 Å². The van der Waals surface area contributed by atoms with Crippen LogP contribution < -0.4 is 4.90 Å². The summed E-state index contributed by atoms with van der Waals surface area (Å²) < 4.78 is 2.16. The molecule has 0 fully saturated rings. The molecule has 0 spiro atoms. The van der Waals surface area contributed by atoms with Gasteiger partial charge in [-0.1, -0.05) is 35.5 Å². The third-order valence-electron chi connectivity index (χ3n) is 4.50. The number of carbonyl (C=O) groups excluding carboxylic acids is 1. The van der Waals surface area contributed by atoms with Gasteiger partial charge in [-0.3, -0.25) is 4.79 Å². The Labute approximate surface area is 156 Å². The van der Waals surface area contributed by atoms with Crippen molar-refractivity contribution in [3.63, 3.8) is 0 Å². The Kier molecular flexibility index (Phi) is 4.52. The van der Waals surface area contributed by atoms with Gasteiger partial charge in [-0.05, 0) is 56.0 Å². The highest BCUT2D eigenvalue weighted by Crippen LogP contribution is 2.32. The van der Waals surface area contributed by atoms with Crippen molar-refractivity contribution >= 4 is 44.9 Å². The molecule has 1 aromatic heterocycles. The Morgan fingerprint density at radius 2 is 2.00 bits per heavy atom. The molecule has 4 rings (SSSR count). The molecule has 0 aliphatic carbocycles. The summed E-state index contributed by atoms with van der Waals surface area (Å²) >= 11 is 3.22. The maximum Gasteiger partial charge on any atom is 0.237 e. The van der Waals surface area contributed by atoms with Gasteiger partial charge < -0.3 is 4.90 Å². The normalized spacial score (nSPS) is 13.9. The van der Waals surface area contributed by atoms with Crippen molar-refractivity contribution in [3.05, 3.63) is 53.1 Å². The monoisotopic (exact) mass is 368 g/mol. The first-order chi connectivity index (χ1) is 12.1. The van der Waals surface area contributed by atoms with Crippen molar-refractivity contribution in [3.8, 4) is 0 Å². The van der Waals surface area contributed by atoms with Gasteiger partial charge in [0.25, 0.3) is 0 Å². The highest BCUT2D eigenvalue weighted by Gasteiger charge is 2.22. The second-order valence-corrected chi connectivity index (χ2v) is 8.77. The second kappa shape index (κ2) is 6.81. The molecule has 1 aliphatic heterocycles. The lowest BCUT2D eigenvalue weighted by molar-refractivity contribution is -0.116. The standard InChI is InChI=1S/C20H20N2OS2/c1-13-6-8-17-15(10-13)4-3-9-22(17)19(23)12-24-20-21-16-7-5-14(2)11-18(16)25-20/h5-8,10-11H,3-4,9,12H2,1-2H3. The van der Waals surface area contributed by atoms with E-state index in [1.165, 1.54) is 21.4 Å². The van der Waals surface area contributed by atoms with Gasteiger partial charge in [0.1, 0.15) is 0 Å². The first-order valence-corrected chi connectivity index (χ1v) is 10.3. The molecule has 25 heavy (non-hydrogen) atoms. The molecule has 1 aliphatic rings. The number of hydrogen-bond acceptors (Lipinski definition) is 4. The van der Waals surface area contributed by atoms with Crippen LogP contribution in [0.1, 0.15) is 23.1 Å². The topological polar surface area (TPSA) is 33.2 Å². The highest BCUT2D eigenvalue weighted by atomic mass is 32.2. The molecule has 0 saturated carbocycles. The molecular formula is C20H20N2OS2. The highest BCUT2D eigenvalue weighted by molar-refractivity contribution is 8.01. The zero-order valence-corrected chi connectivity index (χ0v) is 16.0. The zero-order chi connectivity index (χ0) is 17.4.